The highest BCUT2D eigenvalue weighted by Crippen LogP contribution is 2.41. The Kier molecular flexibility index (Phi) is 6.60. The van der Waals surface area contributed by atoms with E-state index in [1.807, 2.05) is 17.0 Å². The number of methoxy groups -OCH3 is 1. The number of para-hydroxylation sites is 2. The van der Waals surface area contributed by atoms with Gasteiger partial charge in [-0.1, -0.05) is 12.1 Å². The molecule has 0 saturated carbocycles. The molecule has 3 rings (SSSR count). The average molecular weight is 386 g/mol. The molecule has 0 radical (unpaired) electrons. The summed E-state index contributed by atoms with van der Waals surface area (Å²) in [6, 6.07) is 10.4. The summed E-state index contributed by atoms with van der Waals surface area (Å²) in [5.41, 5.74) is 6.95. The van der Waals surface area contributed by atoms with Crippen molar-refractivity contribution in [1.82, 2.24) is 4.90 Å². The zero-order valence-electron chi connectivity index (χ0n) is 16.0. The van der Waals surface area contributed by atoms with Crippen molar-refractivity contribution in [3.8, 4) is 23.0 Å². The Morgan fingerprint density at radius 3 is 2.50 bits per heavy atom. The molecule has 0 aliphatic carbocycles. The van der Waals surface area contributed by atoms with E-state index in [9.17, 15) is 4.79 Å². The summed E-state index contributed by atoms with van der Waals surface area (Å²) in [7, 11) is 1.55. The Morgan fingerprint density at radius 1 is 1.11 bits per heavy atom. The van der Waals surface area contributed by atoms with Gasteiger partial charge in [0.1, 0.15) is 6.61 Å². The van der Waals surface area contributed by atoms with Crippen molar-refractivity contribution in [1.29, 1.82) is 0 Å². The Bertz CT molecular complexity index is 818. The molecule has 0 bridgehead atoms. The highest BCUT2D eigenvalue weighted by molar-refractivity contribution is 5.96. The fourth-order valence-electron chi connectivity index (χ4n) is 3.21. The van der Waals surface area contributed by atoms with Gasteiger partial charge in [-0.15, -0.1) is 0 Å². The first-order chi connectivity index (χ1) is 13.6. The van der Waals surface area contributed by atoms with Gasteiger partial charge < -0.3 is 30.0 Å². The van der Waals surface area contributed by atoms with Crippen molar-refractivity contribution < 1.29 is 24.1 Å². The standard InChI is InChI=1S/C21H26N2O5/c1-26-17-7-3-4-8-18(17)28-20-16(22)13-15(14-19(20)27-12-11-24)21(25)23-9-5-2-6-10-23/h3-4,7-8,13-14,24H,2,5-6,9-12,22H2,1H3. The summed E-state index contributed by atoms with van der Waals surface area (Å²) in [4.78, 5) is 14.7. The van der Waals surface area contributed by atoms with Crippen molar-refractivity contribution >= 4 is 11.6 Å². The van der Waals surface area contributed by atoms with Gasteiger partial charge in [0.2, 0.25) is 0 Å². The number of piperidine rings is 1. The van der Waals surface area contributed by atoms with E-state index in [4.69, 9.17) is 25.1 Å². The number of anilines is 1. The highest BCUT2D eigenvalue weighted by Gasteiger charge is 2.22. The van der Waals surface area contributed by atoms with Crippen LogP contribution in [-0.2, 0) is 0 Å². The fraction of sp³-hybridized carbons (Fsp3) is 0.381. The third-order valence-electron chi connectivity index (χ3n) is 4.60. The van der Waals surface area contributed by atoms with Gasteiger partial charge in [0.05, 0.1) is 19.4 Å². The first-order valence-corrected chi connectivity index (χ1v) is 9.41. The molecule has 7 heteroatoms. The lowest BCUT2D eigenvalue weighted by Crippen LogP contribution is -2.35. The quantitative estimate of drug-likeness (QED) is 0.710. The largest absolute Gasteiger partial charge is 0.493 e. The lowest BCUT2D eigenvalue weighted by molar-refractivity contribution is 0.0724. The minimum absolute atomic E-state index is 0.0586. The second-order valence-corrected chi connectivity index (χ2v) is 6.57. The minimum Gasteiger partial charge on any atom is -0.493 e. The van der Waals surface area contributed by atoms with E-state index in [-0.39, 0.29) is 30.6 Å². The van der Waals surface area contributed by atoms with Crippen LogP contribution in [-0.4, -0.2) is 49.3 Å². The number of hydrogen-bond acceptors (Lipinski definition) is 6. The molecule has 1 saturated heterocycles. The normalized spacial score (nSPS) is 13.9. The van der Waals surface area contributed by atoms with E-state index in [0.717, 1.165) is 32.4 Å². The molecule has 150 valence electrons. The molecule has 1 aliphatic rings. The Hall–Kier alpha value is -2.93. The third-order valence-corrected chi connectivity index (χ3v) is 4.60. The van der Waals surface area contributed by atoms with Crippen molar-refractivity contribution in [3.63, 3.8) is 0 Å². The number of carbonyl (C=O) groups excluding carboxylic acids is 1. The van der Waals surface area contributed by atoms with E-state index in [1.54, 1.807) is 31.4 Å². The van der Waals surface area contributed by atoms with Crippen molar-refractivity contribution in [3.05, 3.63) is 42.0 Å². The third kappa shape index (κ3) is 4.48. The number of benzene rings is 2. The van der Waals surface area contributed by atoms with Gasteiger partial charge in [0.15, 0.2) is 23.0 Å². The van der Waals surface area contributed by atoms with Crippen LogP contribution in [0, 0.1) is 0 Å². The Morgan fingerprint density at radius 2 is 1.82 bits per heavy atom. The minimum atomic E-state index is -0.168. The number of rotatable bonds is 7. The maximum absolute atomic E-state index is 12.9. The monoisotopic (exact) mass is 386 g/mol. The summed E-state index contributed by atoms with van der Waals surface area (Å²) in [5.74, 6) is 1.53. The summed E-state index contributed by atoms with van der Waals surface area (Å²) >= 11 is 0. The molecule has 28 heavy (non-hydrogen) atoms. The van der Waals surface area contributed by atoms with Crippen LogP contribution in [0.25, 0.3) is 0 Å². The number of nitrogens with zero attached hydrogens (tertiary/aromatic N) is 1. The molecule has 0 unspecified atom stereocenters. The molecule has 0 aromatic heterocycles. The van der Waals surface area contributed by atoms with Crippen LogP contribution in [0.2, 0.25) is 0 Å². The molecule has 0 atom stereocenters. The van der Waals surface area contributed by atoms with Crippen LogP contribution in [0.1, 0.15) is 29.6 Å². The number of nitrogens with two attached hydrogens (primary N) is 1. The Labute approximate surface area is 164 Å². The van der Waals surface area contributed by atoms with Crippen LogP contribution in [0.5, 0.6) is 23.0 Å². The van der Waals surface area contributed by atoms with Crippen LogP contribution >= 0.6 is 0 Å². The fourth-order valence-corrected chi connectivity index (χ4v) is 3.21. The average Bonchev–Trinajstić information content (AvgIpc) is 2.74. The molecule has 7 nitrogen and oxygen atoms in total. The summed E-state index contributed by atoms with van der Waals surface area (Å²) in [6.45, 7) is 1.37. The number of nitrogen functional groups attached to an aromatic ring is 1. The molecule has 2 aromatic rings. The molecule has 1 heterocycles. The molecule has 1 aliphatic heterocycles. The van der Waals surface area contributed by atoms with Crippen molar-refractivity contribution in [2.75, 3.05) is 39.1 Å². The molecule has 1 amide bonds. The van der Waals surface area contributed by atoms with Crippen LogP contribution in [0.4, 0.5) is 5.69 Å². The predicted molar refractivity (Wildman–Crippen MR) is 106 cm³/mol. The maximum Gasteiger partial charge on any atom is 0.254 e. The highest BCUT2D eigenvalue weighted by atomic mass is 16.5. The summed E-state index contributed by atoms with van der Waals surface area (Å²) < 4.78 is 16.9. The van der Waals surface area contributed by atoms with E-state index in [1.165, 1.54) is 0 Å². The van der Waals surface area contributed by atoms with Crippen LogP contribution < -0.4 is 19.9 Å². The molecule has 2 aromatic carbocycles. The van der Waals surface area contributed by atoms with Gasteiger partial charge in [-0.2, -0.15) is 0 Å². The van der Waals surface area contributed by atoms with Crippen LogP contribution in [0.15, 0.2) is 36.4 Å². The maximum atomic E-state index is 12.9. The van der Waals surface area contributed by atoms with Gasteiger partial charge >= 0.3 is 0 Å². The molecule has 3 N–H and O–H groups in total. The second kappa shape index (κ2) is 9.32. The summed E-state index contributed by atoms with van der Waals surface area (Å²) in [6.07, 6.45) is 3.15. The smallest absolute Gasteiger partial charge is 0.254 e. The van der Waals surface area contributed by atoms with E-state index < -0.39 is 0 Å². The number of ether oxygens (including phenoxy) is 3. The predicted octanol–water partition coefficient (Wildman–Crippen LogP) is 3.07. The number of aliphatic hydroxyl groups is 1. The van der Waals surface area contributed by atoms with Crippen molar-refractivity contribution in [2.24, 2.45) is 0 Å². The van der Waals surface area contributed by atoms with Crippen molar-refractivity contribution in [2.45, 2.75) is 19.3 Å². The van der Waals surface area contributed by atoms with Gasteiger partial charge in [-0.25, -0.2) is 0 Å². The first-order valence-electron chi connectivity index (χ1n) is 9.41. The lowest BCUT2D eigenvalue weighted by Gasteiger charge is -2.27. The van der Waals surface area contributed by atoms with E-state index in [2.05, 4.69) is 0 Å². The zero-order chi connectivity index (χ0) is 19.9. The lowest BCUT2D eigenvalue weighted by atomic mass is 10.1. The number of likely N-dealkylation sites (tertiary alicyclic amines) is 1. The summed E-state index contributed by atoms with van der Waals surface area (Å²) in [5, 5.41) is 9.15. The molecule has 0 spiro atoms. The van der Waals surface area contributed by atoms with Gasteiger partial charge in [-0.05, 0) is 43.5 Å². The SMILES string of the molecule is COc1ccccc1Oc1c(N)cc(C(=O)N2CCCCC2)cc1OCCO. The number of carbonyl (C=O) groups is 1. The number of hydrogen-bond donors (Lipinski definition) is 2. The number of aliphatic hydroxyl groups excluding tert-OH is 1. The zero-order valence-corrected chi connectivity index (χ0v) is 16.0. The van der Waals surface area contributed by atoms with Gasteiger partial charge in [0, 0.05) is 18.7 Å². The number of amides is 1. The van der Waals surface area contributed by atoms with Gasteiger partial charge in [-0.3, -0.25) is 4.79 Å². The van der Waals surface area contributed by atoms with Gasteiger partial charge in [0.25, 0.3) is 5.91 Å². The van der Waals surface area contributed by atoms with Crippen LogP contribution in [0.3, 0.4) is 0 Å². The molecular formula is C21H26N2O5. The second-order valence-electron chi connectivity index (χ2n) is 6.57. The van der Waals surface area contributed by atoms with E-state index >= 15 is 0 Å². The Balaban J connectivity index is 1.93. The molecule has 1 fully saturated rings. The first kappa shape index (κ1) is 19.8. The topological polar surface area (TPSA) is 94.3 Å². The van der Waals surface area contributed by atoms with E-state index in [0.29, 0.717) is 22.8 Å². The molecular weight excluding hydrogens is 360 g/mol.